The summed E-state index contributed by atoms with van der Waals surface area (Å²) in [6.07, 6.45) is 1.34. The molecule has 76 valence electrons. The van der Waals surface area contributed by atoms with E-state index in [2.05, 4.69) is 6.58 Å². The topological polar surface area (TPSA) is 52.6 Å². The van der Waals surface area contributed by atoms with Crippen LogP contribution in [0.5, 0.6) is 11.5 Å². The summed E-state index contributed by atoms with van der Waals surface area (Å²) >= 11 is 0. The van der Waals surface area contributed by atoms with Crippen LogP contribution in [-0.2, 0) is 16.0 Å². The lowest BCUT2D eigenvalue weighted by molar-refractivity contribution is -0.132. The Bertz CT molecular complexity index is 448. The van der Waals surface area contributed by atoms with E-state index in [-0.39, 0.29) is 12.4 Å². The predicted octanol–water partition coefficient (Wildman–Crippen LogP) is 1.24. The molecule has 4 heteroatoms. The van der Waals surface area contributed by atoms with Crippen LogP contribution in [0.1, 0.15) is 5.56 Å². The normalized spacial score (nSPS) is 12.9. The highest BCUT2D eigenvalue weighted by molar-refractivity contribution is 5.84. The number of esters is 2. The number of ether oxygens (including phenoxy) is 2. The molecule has 0 N–H and O–H groups in total. The number of fused-ring (bicyclic) bond motifs is 1. The van der Waals surface area contributed by atoms with Crippen molar-refractivity contribution < 1.29 is 19.1 Å². The number of hydrogen-bond acceptors (Lipinski definition) is 4. The molecule has 2 rings (SSSR count). The fraction of sp³-hybridized carbons (Fsp3) is 0.0909. The Morgan fingerprint density at radius 3 is 3.07 bits per heavy atom. The van der Waals surface area contributed by atoms with Gasteiger partial charge in [-0.1, -0.05) is 12.6 Å². The summed E-state index contributed by atoms with van der Waals surface area (Å²) in [5.74, 6) is -0.0424. The van der Waals surface area contributed by atoms with Crippen molar-refractivity contribution in [2.24, 2.45) is 0 Å². The Hall–Kier alpha value is -2.10. The Labute approximate surface area is 86.1 Å². The molecule has 0 radical (unpaired) electrons. The van der Waals surface area contributed by atoms with Gasteiger partial charge in [0.25, 0.3) is 0 Å². The van der Waals surface area contributed by atoms with Crippen molar-refractivity contribution in [2.45, 2.75) is 6.42 Å². The van der Waals surface area contributed by atoms with Gasteiger partial charge in [0, 0.05) is 17.7 Å². The SMILES string of the molecule is C=CC(=O)Oc1ccc2c(c1)OC(=O)C2. The molecule has 0 bridgehead atoms. The second kappa shape index (κ2) is 3.57. The molecule has 1 heterocycles. The van der Waals surface area contributed by atoms with Gasteiger partial charge in [-0.3, -0.25) is 4.79 Å². The Balaban J connectivity index is 2.23. The average Bonchev–Trinajstić information content (AvgIpc) is 2.57. The molecule has 1 aliphatic heterocycles. The van der Waals surface area contributed by atoms with Gasteiger partial charge in [0.05, 0.1) is 6.42 Å². The highest BCUT2D eigenvalue weighted by Gasteiger charge is 2.20. The Morgan fingerprint density at radius 2 is 2.33 bits per heavy atom. The van der Waals surface area contributed by atoms with Crippen molar-refractivity contribution in [3.8, 4) is 11.5 Å². The molecular weight excluding hydrogens is 196 g/mol. The first-order valence-corrected chi connectivity index (χ1v) is 4.37. The molecule has 0 fully saturated rings. The number of rotatable bonds is 2. The summed E-state index contributed by atoms with van der Waals surface area (Å²) in [5, 5.41) is 0. The van der Waals surface area contributed by atoms with Crippen LogP contribution in [-0.4, -0.2) is 11.9 Å². The zero-order chi connectivity index (χ0) is 10.8. The minimum atomic E-state index is -0.542. The van der Waals surface area contributed by atoms with E-state index in [0.717, 1.165) is 11.6 Å². The van der Waals surface area contributed by atoms with E-state index < -0.39 is 5.97 Å². The molecule has 0 aliphatic carbocycles. The molecule has 1 aromatic rings. The van der Waals surface area contributed by atoms with Crippen LogP contribution in [0.3, 0.4) is 0 Å². The zero-order valence-corrected chi connectivity index (χ0v) is 7.86. The van der Waals surface area contributed by atoms with Gasteiger partial charge >= 0.3 is 11.9 Å². The monoisotopic (exact) mass is 204 g/mol. The Morgan fingerprint density at radius 1 is 1.53 bits per heavy atom. The van der Waals surface area contributed by atoms with Crippen LogP contribution in [0, 0.1) is 0 Å². The molecular formula is C11H8O4. The van der Waals surface area contributed by atoms with E-state index in [1.165, 1.54) is 6.07 Å². The summed E-state index contributed by atoms with van der Waals surface area (Å²) in [5.41, 5.74) is 0.804. The summed E-state index contributed by atoms with van der Waals surface area (Å²) in [7, 11) is 0. The van der Waals surface area contributed by atoms with Crippen molar-refractivity contribution in [1.82, 2.24) is 0 Å². The van der Waals surface area contributed by atoms with E-state index in [0.29, 0.717) is 11.5 Å². The molecule has 0 amide bonds. The molecule has 0 unspecified atom stereocenters. The minimum absolute atomic E-state index is 0.269. The maximum Gasteiger partial charge on any atom is 0.335 e. The largest absolute Gasteiger partial charge is 0.426 e. The van der Waals surface area contributed by atoms with Crippen LogP contribution in [0.4, 0.5) is 0 Å². The molecule has 4 nitrogen and oxygen atoms in total. The third-order valence-corrected chi connectivity index (χ3v) is 1.98. The quantitative estimate of drug-likeness (QED) is 0.413. The number of benzene rings is 1. The predicted molar refractivity (Wildman–Crippen MR) is 51.6 cm³/mol. The maximum atomic E-state index is 10.9. The zero-order valence-electron chi connectivity index (χ0n) is 7.86. The van der Waals surface area contributed by atoms with Gasteiger partial charge in [-0.15, -0.1) is 0 Å². The summed E-state index contributed by atoms with van der Waals surface area (Å²) < 4.78 is 9.78. The molecule has 0 saturated carbocycles. The fourth-order valence-corrected chi connectivity index (χ4v) is 1.31. The van der Waals surface area contributed by atoms with Crippen molar-refractivity contribution in [1.29, 1.82) is 0 Å². The van der Waals surface area contributed by atoms with E-state index in [9.17, 15) is 9.59 Å². The number of hydrogen-bond donors (Lipinski definition) is 0. The lowest BCUT2D eigenvalue weighted by Crippen LogP contribution is -2.03. The van der Waals surface area contributed by atoms with Crippen molar-refractivity contribution in [2.75, 3.05) is 0 Å². The molecule has 15 heavy (non-hydrogen) atoms. The molecule has 0 aromatic heterocycles. The minimum Gasteiger partial charge on any atom is -0.426 e. The number of carbonyl (C=O) groups is 2. The second-order valence-corrected chi connectivity index (χ2v) is 3.05. The smallest absolute Gasteiger partial charge is 0.335 e. The molecule has 0 saturated heterocycles. The van der Waals surface area contributed by atoms with Crippen molar-refractivity contribution >= 4 is 11.9 Å². The van der Waals surface area contributed by atoms with Gasteiger partial charge in [-0.25, -0.2) is 4.79 Å². The first-order chi connectivity index (χ1) is 7.19. The third kappa shape index (κ3) is 1.88. The van der Waals surface area contributed by atoms with Crippen LogP contribution < -0.4 is 9.47 Å². The third-order valence-electron chi connectivity index (χ3n) is 1.98. The first kappa shape index (κ1) is 9.45. The van der Waals surface area contributed by atoms with Gasteiger partial charge in [-0.05, 0) is 6.07 Å². The summed E-state index contributed by atoms with van der Waals surface area (Å²) in [6.45, 7) is 3.28. The first-order valence-electron chi connectivity index (χ1n) is 4.37. The molecule has 0 atom stereocenters. The van der Waals surface area contributed by atoms with Gasteiger partial charge in [0.15, 0.2) is 0 Å². The standard InChI is InChI=1S/C11H8O4/c1-2-10(12)14-8-4-3-7-5-11(13)15-9(7)6-8/h2-4,6H,1,5H2. The van der Waals surface area contributed by atoms with Gasteiger partial charge in [-0.2, -0.15) is 0 Å². The van der Waals surface area contributed by atoms with Crippen molar-refractivity contribution in [3.63, 3.8) is 0 Å². The van der Waals surface area contributed by atoms with E-state index in [1.54, 1.807) is 12.1 Å². The highest BCUT2D eigenvalue weighted by atomic mass is 16.5. The molecule has 1 aromatic carbocycles. The van der Waals surface area contributed by atoms with E-state index >= 15 is 0 Å². The second-order valence-electron chi connectivity index (χ2n) is 3.05. The van der Waals surface area contributed by atoms with E-state index in [1.807, 2.05) is 0 Å². The highest BCUT2D eigenvalue weighted by Crippen LogP contribution is 2.30. The lowest BCUT2D eigenvalue weighted by Gasteiger charge is -2.02. The summed E-state index contributed by atoms with van der Waals surface area (Å²) in [6, 6.07) is 4.83. The molecule has 1 aliphatic rings. The van der Waals surface area contributed by atoms with Crippen LogP contribution in [0.25, 0.3) is 0 Å². The van der Waals surface area contributed by atoms with Crippen molar-refractivity contribution in [3.05, 3.63) is 36.4 Å². The van der Waals surface area contributed by atoms with Crippen LogP contribution in [0.2, 0.25) is 0 Å². The Kier molecular flexibility index (Phi) is 2.25. The van der Waals surface area contributed by atoms with Crippen LogP contribution >= 0.6 is 0 Å². The van der Waals surface area contributed by atoms with Gasteiger partial charge in [0.2, 0.25) is 0 Å². The fourth-order valence-electron chi connectivity index (χ4n) is 1.31. The van der Waals surface area contributed by atoms with Crippen LogP contribution in [0.15, 0.2) is 30.9 Å². The maximum absolute atomic E-state index is 10.9. The number of carbonyl (C=O) groups excluding carboxylic acids is 2. The molecule has 0 spiro atoms. The van der Waals surface area contributed by atoms with E-state index in [4.69, 9.17) is 9.47 Å². The summed E-state index contributed by atoms with van der Waals surface area (Å²) in [4.78, 5) is 21.8. The average molecular weight is 204 g/mol. The van der Waals surface area contributed by atoms with Gasteiger partial charge < -0.3 is 9.47 Å². The van der Waals surface area contributed by atoms with Gasteiger partial charge in [0.1, 0.15) is 11.5 Å². The lowest BCUT2D eigenvalue weighted by atomic mass is 10.1.